The average Bonchev–Trinajstić information content (AvgIpc) is 3.28. The first-order valence-corrected chi connectivity index (χ1v) is 7.31. The largest absolute Gasteiger partial charge is 0.291 e. The molecule has 0 saturated heterocycles. The molecule has 1 aliphatic carbocycles. The van der Waals surface area contributed by atoms with Crippen molar-refractivity contribution in [3.05, 3.63) is 84.4 Å². The molecule has 102 valence electrons. The van der Waals surface area contributed by atoms with Crippen molar-refractivity contribution in [2.24, 2.45) is 5.92 Å². The Hall–Kier alpha value is -1.86. The lowest BCUT2D eigenvalue weighted by Gasteiger charge is -2.23. The number of rotatable bonds is 6. The molecule has 2 aromatic carbocycles. The standard InChI is InChI=1S/C19H21N/c1-2-18-13-19(18)20(14-16-9-5-3-6-10-16)15-17-11-7-4-8-12-17/h2-12,18-19H,1,13-15H2/t18-,19-/m0/s1. The summed E-state index contributed by atoms with van der Waals surface area (Å²) in [6.07, 6.45) is 3.36. The van der Waals surface area contributed by atoms with Crippen LogP contribution >= 0.6 is 0 Å². The summed E-state index contributed by atoms with van der Waals surface area (Å²) in [4.78, 5) is 2.58. The van der Waals surface area contributed by atoms with E-state index in [4.69, 9.17) is 0 Å². The summed E-state index contributed by atoms with van der Waals surface area (Å²) in [6.45, 7) is 5.98. The molecular formula is C19H21N. The van der Waals surface area contributed by atoms with Crippen molar-refractivity contribution >= 4 is 0 Å². The maximum atomic E-state index is 3.94. The molecule has 0 radical (unpaired) electrons. The molecule has 0 heterocycles. The second-order valence-corrected chi connectivity index (χ2v) is 5.58. The third-order valence-electron chi connectivity index (χ3n) is 4.03. The van der Waals surface area contributed by atoms with Gasteiger partial charge in [0.05, 0.1) is 0 Å². The van der Waals surface area contributed by atoms with Gasteiger partial charge in [-0.1, -0.05) is 66.7 Å². The van der Waals surface area contributed by atoms with Gasteiger partial charge in [0, 0.05) is 19.1 Å². The van der Waals surface area contributed by atoms with E-state index in [1.807, 2.05) is 0 Å². The van der Waals surface area contributed by atoms with E-state index in [2.05, 4.69) is 78.2 Å². The highest BCUT2D eigenvalue weighted by Gasteiger charge is 2.39. The summed E-state index contributed by atoms with van der Waals surface area (Å²) < 4.78 is 0. The molecule has 0 amide bonds. The zero-order valence-electron chi connectivity index (χ0n) is 11.8. The van der Waals surface area contributed by atoms with Crippen LogP contribution in [0.25, 0.3) is 0 Å². The fraction of sp³-hybridized carbons (Fsp3) is 0.263. The minimum atomic E-state index is 0.660. The van der Waals surface area contributed by atoms with Crippen LogP contribution in [0, 0.1) is 5.92 Å². The minimum absolute atomic E-state index is 0.660. The molecule has 1 saturated carbocycles. The molecule has 1 nitrogen and oxygen atoms in total. The van der Waals surface area contributed by atoms with E-state index in [9.17, 15) is 0 Å². The maximum absolute atomic E-state index is 3.94. The second-order valence-electron chi connectivity index (χ2n) is 5.58. The van der Waals surface area contributed by atoms with Crippen molar-refractivity contribution in [2.45, 2.75) is 25.6 Å². The summed E-state index contributed by atoms with van der Waals surface area (Å²) in [6, 6.07) is 22.1. The zero-order valence-corrected chi connectivity index (χ0v) is 11.8. The molecule has 20 heavy (non-hydrogen) atoms. The van der Waals surface area contributed by atoms with E-state index in [1.54, 1.807) is 0 Å². The van der Waals surface area contributed by atoms with Crippen LogP contribution < -0.4 is 0 Å². The number of benzene rings is 2. The average molecular weight is 263 g/mol. The molecular weight excluding hydrogens is 242 g/mol. The molecule has 0 aromatic heterocycles. The number of hydrogen-bond acceptors (Lipinski definition) is 1. The Balaban J connectivity index is 1.73. The topological polar surface area (TPSA) is 3.24 Å². The van der Waals surface area contributed by atoms with Crippen LogP contribution in [-0.2, 0) is 13.1 Å². The monoisotopic (exact) mass is 263 g/mol. The molecule has 0 bridgehead atoms. The van der Waals surface area contributed by atoms with Crippen LogP contribution in [0.3, 0.4) is 0 Å². The van der Waals surface area contributed by atoms with E-state index in [1.165, 1.54) is 17.5 Å². The van der Waals surface area contributed by atoms with Crippen LogP contribution in [-0.4, -0.2) is 10.9 Å². The molecule has 1 aliphatic rings. The van der Waals surface area contributed by atoms with Crippen LogP contribution in [0.2, 0.25) is 0 Å². The SMILES string of the molecule is C=C[C@H]1C[C@@H]1N(Cc1ccccc1)Cc1ccccc1. The van der Waals surface area contributed by atoms with Crippen molar-refractivity contribution in [3.8, 4) is 0 Å². The Morgan fingerprint density at radius 2 is 1.40 bits per heavy atom. The number of hydrogen-bond donors (Lipinski definition) is 0. The summed E-state index contributed by atoms with van der Waals surface area (Å²) in [5.41, 5.74) is 2.77. The highest BCUT2D eigenvalue weighted by atomic mass is 15.2. The van der Waals surface area contributed by atoms with Gasteiger partial charge in [-0.15, -0.1) is 6.58 Å². The Morgan fingerprint density at radius 1 is 0.900 bits per heavy atom. The minimum Gasteiger partial charge on any atom is -0.291 e. The third kappa shape index (κ3) is 3.17. The van der Waals surface area contributed by atoms with Crippen LogP contribution in [0.5, 0.6) is 0 Å². The summed E-state index contributed by atoms with van der Waals surface area (Å²) in [5, 5.41) is 0. The molecule has 0 N–H and O–H groups in total. The van der Waals surface area contributed by atoms with Gasteiger partial charge < -0.3 is 0 Å². The lowest BCUT2D eigenvalue weighted by Crippen LogP contribution is -2.26. The molecule has 2 aromatic rings. The van der Waals surface area contributed by atoms with Crippen LogP contribution in [0.4, 0.5) is 0 Å². The Bertz CT molecular complexity index is 505. The van der Waals surface area contributed by atoms with Gasteiger partial charge in [-0.05, 0) is 23.5 Å². The van der Waals surface area contributed by atoms with Gasteiger partial charge in [-0.25, -0.2) is 0 Å². The predicted octanol–water partition coefficient (Wildman–Crippen LogP) is 4.26. The Morgan fingerprint density at radius 3 is 1.80 bits per heavy atom. The normalized spacial score (nSPS) is 20.9. The second kappa shape index (κ2) is 6.06. The molecule has 0 spiro atoms. The molecule has 0 aliphatic heterocycles. The molecule has 0 unspecified atom stereocenters. The van der Waals surface area contributed by atoms with E-state index in [0.29, 0.717) is 12.0 Å². The van der Waals surface area contributed by atoms with Gasteiger partial charge >= 0.3 is 0 Å². The van der Waals surface area contributed by atoms with E-state index in [-0.39, 0.29) is 0 Å². The quantitative estimate of drug-likeness (QED) is 0.704. The predicted molar refractivity (Wildman–Crippen MR) is 84.2 cm³/mol. The first-order chi connectivity index (χ1) is 9.86. The lowest BCUT2D eigenvalue weighted by molar-refractivity contribution is 0.239. The van der Waals surface area contributed by atoms with E-state index < -0.39 is 0 Å². The third-order valence-corrected chi connectivity index (χ3v) is 4.03. The summed E-state index contributed by atoms with van der Waals surface area (Å²) in [7, 11) is 0. The maximum Gasteiger partial charge on any atom is 0.0240 e. The van der Waals surface area contributed by atoms with Crippen molar-refractivity contribution < 1.29 is 0 Å². The van der Waals surface area contributed by atoms with E-state index >= 15 is 0 Å². The lowest BCUT2D eigenvalue weighted by atomic mass is 10.1. The zero-order chi connectivity index (χ0) is 13.8. The highest BCUT2D eigenvalue weighted by Crippen LogP contribution is 2.38. The van der Waals surface area contributed by atoms with Crippen LogP contribution in [0.1, 0.15) is 17.5 Å². The van der Waals surface area contributed by atoms with Crippen molar-refractivity contribution in [1.82, 2.24) is 4.90 Å². The van der Waals surface area contributed by atoms with Crippen molar-refractivity contribution in [3.63, 3.8) is 0 Å². The first kappa shape index (κ1) is 13.1. The Kier molecular flexibility index (Phi) is 3.98. The van der Waals surface area contributed by atoms with Gasteiger partial charge in [0.2, 0.25) is 0 Å². The first-order valence-electron chi connectivity index (χ1n) is 7.31. The van der Waals surface area contributed by atoms with Gasteiger partial charge in [-0.3, -0.25) is 4.90 Å². The van der Waals surface area contributed by atoms with Gasteiger partial charge in [-0.2, -0.15) is 0 Å². The van der Waals surface area contributed by atoms with E-state index in [0.717, 1.165) is 13.1 Å². The van der Waals surface area contributed by atoms with Gasteiger partial charge in [0.25, 0.3) is 0 Å². The number of nitrogens with zero attached hydrogens (tertiary/aromatic N) is 1. The fourth-order valence-corrected chi connectivity index (χ4v) is 2.80. The molecule has 1 fully saturated rings. The van der Waals surface area contributed by atoms with Crippen LogP contribution in [0.15, 0.2) is 73.3 Å². The molecule has 3 rings (SSSR count). The molecule has 1 heteroatoms. The van der Waals surface area contributed by atoms with Crippen molar-refractivity contribution in [1.29, 1.82) is 0 Å². The van der Waals surface area contributed by atoms with Gasteiger partial charge in [0.1, 0.15) is 0 Å². The molecule has 2 atom stereocenters. The summed E-state index contributed by atoms with van der Waals surface area (Å²) >= 11 is 0. The Labute approximate surface area is 121 Å². The van der Waals surface area contributed by atoms with Gasteiger partial charge in [0.15, 0.2) is 0 Å². The highest BCUT2D eigenvalue weighted by molar-refractivity contribution is 5.19. The smallest absolute Gasteiger partial charge is 0.0240 e. The fourth-order valence-electron chi connectivity index (χ4n) is 2.80. The van der Waals surface area contributed by atoms with Crippen molar-refractivity contribution in [2.75, 3.05) is 0 Å². The summed E-state index contributed by atoms with van der Waals surface area (Å²) in [5.74, 6) is 0.669.